The first kappa shape index (κ1) is 18.7. The number of nitrogens with zero attached hydrogens (tertiary/aromatic N) is 4. The number of para-hydroxylation sites is 1. The van der Waals surface area contributed by atoms with Crippen molar-refractivity contribution in [2.75, 3.05) is 6.54 Å². The molecule has 3 aromatic rings. The third-order valence-electron chi connectivity index (χ3n) is 4.74. The minimum Gasteiger partial charge on any atom is -0.354 e. The fraction of sp³-hybridized carbons (Fsp3) is 0.316. The fourth-order valence-electron chi connectivity index (χ4n) is 3.34. The molecule has 4 rings (SSSR count). The smallest absolute Gasteiger partial charge is 0.322 e. The summed E-state index contributed by atoms with van der Waals surface area (Å²) in [5.74, 6) is -0.552. The van der Waals surface area contributed by atoms with Gasteiger partial charge in [-0.25, -0.2) is 9.48 Å². The number of hydrogen-bond acceptors (Lipinski definition) is 5. The molecule has 0 unspecified atom stereocenters. The summed E-state index contributed by atoms with van der Waals surface area (Å²) in [4.78, 5) is 34.8. The maximum atomic E-state index is 12.1. The number of imide groups is 1. The summed E-state index contributed by atoms with van der Waals surface area (Å²) in [5.41, 5.74) is 1.71. The molecular formula is C19H21N7O3. The average Bonchev–Trinajstić information content (AvgIpc) is 3.39. The van der Waals surface area contributed by atoms with Crippen LogP contribution < -0.4 is 16.0 Å². The van der Waals surface area contributed by atoms with Crippen molar-refractivity contribution < 1.29 is 14.4 Å². The van der Waals surface area contributed by atoms with Crippen molar-refractivity contribution >= 4 is 28.7 Å². The summed E-state index contributed by atoms with van der Waals surface area (Å²) in [6.07, 6.45) is 4.69. The van der Waals surface area contributed by atoms with Gasteiger partial charge >= 0.3 is 6.03 Å². The van der Waals surface area contributed by atoms with Crippen molar-refractivity contribution in [3.63, 3.8) is 0 Å². The van der Waals surface area contributed by atoms with Crippen molar-refractivity contribution in [2.24, 2.45) is 0 Å². The Kier molecular flexibility index (Phi) is 5.23. The first-order valence-electron chi connectivity index (χ1n) is 9.39. The van der Waals surface area contributed by atoms with Crippen LogP contribution in [-0.2, 0) is 29.1 Å². The van der Waals surface area contributed by atoms with Crippen molar-refractivity contribution in [1.29, 1.82) is 0 Å². The Morgan fingerprint density at radius 3 is 2.90 bits per heavy atom. The lowest BCUT2D eigenvalue weighted by Gasteiger charge is -2.07. The predicted octanol–water partition coefficient (Wildman–Crippen LogP) is 0.190. The Labute approximate surface area is 166 Å². The molecule has 0 saturated carbocycles. The van der Waals surface area contributed by atoms with Gasteiger partial charge in [-0.15, -0.1) is 5.10 Å². The molecule has 1 aliphatic heterocycles. The van der Waals surface area contributed by atoms with Gasteiger partial charge in [-0.1, -0.05) is 23.4 Å². The second-order valence-electron chi connectivity index (χ2n) is 6.90. The number of fused-ring (bicyclic) bond motifs is 1. The maximum absolute atomic E-state index is 12.1. The number of hydrogen-bond donors (Lipinski definition) is 3. The molecule has 0 spiro atoms. The molecule has 10 heteroatoms. The van der Waals surface area contributed by atoms with Crippen LogP contribution in [0.5, 0.6) is 0 Å². The summed E-state index contributed by atoms with van der Waals surface area (Å²) in [5, 5.41) is 16.6. The Bertz CT molecular complexity index is 1050. The standard InChI is InChI=1S/C19H21N7O3/c27-17(20-7-3-8-25-9-6-13-4-1-2-5-16(13)25)12-26-11-14(23-24-26)10-15-18(28)22-19(29)21-15/h1-2,4-6,9,11,15H,3,7-8,10,12H2,(H,20,27)(H2,21,22,28,29)/t15-/m1/s1. The summed E-state index contributed by atoms with van der Waals surface area (Å²) in [6, 6.07) is 9.09. The van der Waals surface area contributed by atoms with E-state index >= 15 is 0 Å². The molecule has 1 saturated heterocycles. The summed E-state index contributed by atoms with van der Waals surface area (Å²) in [7, 11) is 0. The van der Waals surface area contributed by atoms with Crippen LogP contribution in [0.2, 0.25) is 0 Å². The van der Waals surface area contributed by atoms with E-state index in [0.29, 0.717) is 12.2 Å². The Morgan fingerprint density at radius 1 is 1.21 bits per heavy atom. The van der Waals surface area contributed by atoms with Gasteiger partial charge in [-0.2, -0.15) is 0 Å². The molecule has 2 aromatic heterocycles. The molecule has 0 radical (unpaired) electrons. The third kappa shape index (κ3) is 4.42. The zero-order valence-corrected chi connectivity index (χ0v) is 15.7. The van der Waals surface area contributed by atoms with Crippen LogP contribution in [0.1, 0.15) is 12.1 Å². The summed E-state index contributed by atoms with van der Waals surface area (Å²) >= 11 is 0. The zero-order valence-electron chi connectivity index (χ0n) is 15.7. The molecule has 150 valence electrons. The van der Waals surface area contributed by atoms with Gasteiger partial charge in [0.05, 0.1) is 5.69 Å². The highest BCUT2D eigenvalue weighted by Crippen LogP contribution is 2.15. The fourth-order valence-corrected chi connectivity index (χ4v) is 3.34. The van der Waals surface area contributed by atoms with Gasteiger partial charge < -0.3 is 15.2 Å². The number of carbonyl (C=O) groups excluding carboxylic acids is 3. The van der Waals surface area contributed by atoms with Gasteiger partial charge in [0.15, 0.2) is 0 Å². The van der Waals surface area contributed by atoms with E-state index in [9.17, 15) is 14.4 Å². The van der Waals surface area contributed by atoms with Crippen LogP contribution in [-0.4, -0.2) is 50.0 Å². The summed E-state index contributed by atoms with van der Waals surface area (Å²) < 4.78 is 3.59. The summed E-state index contributed by atoms with van der Waals surface area (Å²) in [6.45, 7) is 1.42. The van der Waals surface area contributed by atoms with Crippen molar-refractivity contribution in [3.8, 4) is 0 Å². The number of carbonyl (C=O) groups is 3. The van der Waals surface area contributed by atoms with Crippen molar-refractivity contribution in [1.82, 2.24) is 35.5 Å². The van der Waals surface area contributed by atoms with E-state index in [1.807, 2.05) is 12.1 Å². The second kappa shape index (κ2) is 8.13. The van der Waals surface area contributed by atoms with Crippen molar-refractivity contribution in [3.05, 3.63) is 48.4 Å². The molecule has 29 heavy (non-hydrogen) atoms. The predicted molar refractivity (Wildman–Crippen MR) is 104 cm³/mol. The van der Waals surface area contributed by atoms with Crippen LogP contribution in [0, 0.1) is 0 Å². The number of nitrogens with one attached hydrogen (secondary N) is 3. The molecule has 3 heterocycles. The largest absolute Gasteiger partial charge is 0.354 e. The second-order valence-corrected chi connectivity index (χ2v) is 6.90. The van der Waals surface area contributed by atoms with E-state index in [1.165, 1.54) is 15.6 Å². The third-order valence-corrected chi connectivity index (χ3v) is 4.74. The molecule has 0 aliphatic carbocycles. The van der Waals surface area contributed by atoms with E-state index in [1.54, 1.807) is 6.20 Å². The normalized spacial score (nSPS) is 16.1. The molecule has 3 N–H and O–H groups in total. The monoisotopic (exact) mass is 395 g/mol. The topological polar surface area (TPSA) is 123 Å². The number of benzene rings is 1. The highest BCUT2D eigenvalue weighted by molar-refractivity contribution is 6.04. The van der Waals surface area contributed by atoms with Crippen molar-refractivity contribution in [2.45, 2.75) is 32.0 Å². The Morgan fingerprint density at radius 2 is 2.07 bits per heavy atom. The van der Waals surface area contributed by atoms with Crippen LogP contribution >= 0.6 is 0 Å². The molecular weight excluding hydrogens is 374 g/mol. The number of rotatable bonds is 8. The van der Waals surface area contributed by atoms with Gasteiger partial charge in [0.2, 0.25) is 5.91 Å². The van der Waals surface area contributed by atoms with Crippen LogP contribution in [0.4, 0.5) is 4.79 Å². The van der Waals surface area contributed by atoms with E-state index < -0.39 is 18.0 Å². The molecule has 1 aromatic carbocycles. The van der Waals surface area contributed by atoms with Gasteiger partial charge in [-0.3, -0.25) is 14.9 Å². The molecule has 0 bridgehead atoms. The highest BCUT2D eigenvalue weighted by atomic mass is 16.2. The van der Waals surface area contributed by atoms with Crippen LogP contribution in [0.25, 0.3) is 10.9 Å². The lowest BCUT2D eigenvalue weighted by Crippen LogP contribution is -2.31. The number of urea groups is 1. The minimum atomic E-state index is -0.661. The Hall–Kier alpha value is -3.69. The van der Waals surface area contributed by atoms with E-state index in [0.717, 1.165) is 13.0 Å². The lowest BCUT2D eigenvalue weighted by atomic mass is 10.2. The molecule has 1 fully saturated rings. The van der Waals surface area contributed by atoms with E-state index in [4.69, 9.17) is 0 Å². The van der Waals surface area contributed by atoms with E-state index in [-0.39, 0.29) is 18.9 Å². The van der Waals surface area contributed by atoms with Crippen LogP contribution in [0.3, 0.4) is 0 Å². The molecule has 10 nitrogen and oxygen atoms in total. The van der Waals surface area contributed by atoms with Gasteiger partial charge in [-0.05, 0) is 23.9 Å². The van der Waals surface area contributed by atoms with E-state index in [2.05, 4.69) is 55.2 Å². The Balaban J connectivity index is 1.20. The first-order valence-corrected chi connectivity index (χ1v) is 9.39. The van der Waals surface area contributed by atoms with Crippen LogP contribution in [0.15, 0.2) is 42.7 Å². The maximum Gasteiger partial charge on any atom is 0.322 e. The highest BCUT2D eigenvalue weighted by Gasteiger charge is 2.30. The number of aryl methyl sites for hydroxylation is 1. The SMILES string of the molecule is O=C(Cn1cc(C[C@H]2NC(=O)NC2=O)nn1)NCCCn1ccc2ccccc21. The molecule has 1 aliphatic rings. The minimum absolute atomic E-state index is 0.0443. The number of aromatic nitrogens is 4. The first-order chi connectivity index (χ1) is 14.1. The zero-order chi connectivity index (χ0) is 20.2. The van der Waals surface area contributed by atoms with Gasteiger partial charge in [0.1, 0.15) is 12.6 Å². The van der Waals surface area contributed by atoms with Gasteiger partial charge in [0.25, 0.3) is 5.91 Å². The quantitative estimate of drug-likeness (QED) is 0.371. The molecule has 1 atom stereocenters. The van der Waals surface area contributed by atoms with Gasteiger partial charge in [0, 0.05) is 37.4 Å². The lowest BCUT2D eigenvalue weighted by molar-refractivity contribution is -0.122. The molecule has 4 amide bonds. The number of amides is 4. The average molecular weight is 395 g/mol.